The van der Waals surface area contributed by atoms with Crippen molar-refractivity contribution in [2.75, 3.05) is 0 Å². The summed E-state index contributed by atoms with van der Waals surface area (Å²) in [4.78, 5) is 16.1. The number of hydrogen-bond donors (Lipinski definition) is 0. The molecule has 0 bridgehead atoms. The predicted octanol–water partition coefficient (Wildman–Crippen LogP) is 2.61. The summed E-state index contributed by atoms with van der Waals surface area (Å²) in [6, 6.07) is 9.47. The number of oxime groups is 1. The molecule has 0 unspecified atom stereocenters. The van der Waals surface area contributed by atoms with Crippen LogP contribution in [-0.2, 0) is 9.63 Å². The highest BCUT2D eigenvalue weighted by atomic mass is 16.7. The Hall–Kier alpha value is -1.64. The van der Waals surface area contributed by atoms with E-state index in [1.54, 1.807) is 20.8 Å². The molecule has 0 N–H and O–H groups in total. The standard InChI is InChI=1S/C12H15NO2/c1-12(2,3)11(14)15-13-9-10-7-5-4-6-8-10/h4-9H,1-3H3/b13-9+. The fourth-order valence-corrected chi connectivity index (χ4v) is 0.811. The molecule has 0 heterocycles. The molecule has 0 aromatic heterocycles. The molecule has 0 saturated heterocycles. The Balaban J connectivity index is 2.51. The lowest BCUT2D eigenvalue weighted by Gasteiger charge is -2.12. The van der Waals surface area contributed by atoms with Gasteiger partial charge in [-0.3, -0.25) is 0 Å². The van der Waals surface area contributed by atoms with E-state index in [-0.39, 0.29) is 5.97 Å². The van der Waals surface area contributed by atoms with Gasteiger partial charge in [-0.05, 0) is 26.3 Å². The smallest absolute Gasteiger partial charge is 0.318 e. The molecule has 0 aliphatic heterocycles. The summed E-state index contributed by atoms with van der Waals surface area (Å²) in [7, 11) is 0. The fraction of sp³-hybridized carbons (Fsp3) is 0.333. The van der Waals surface area contributed by atoms with Crippen molar-refractivity contribution in [1.29, 1.82) is 0 Å². The monoisotopic (exact) mass is 205 g/mol. The summed E-state index contributed by atoms with van der Waals surface area (Å²) in [5, 5.41) is 3.63. The second-order valence-corrected chi connectivity index (χ2v) is 4.27. The molecule has 0 amide bonds. The van der Waals surface area contributed by atoms with Crippen molar-refractivity contribution in [3.8, 4) is 0 Å². The van der Waals surface area contributed by atoms with Crippen LogP contribution in [0.25, 0.3) is 0 Å². The largest absolute Gasteiger partial charge is 0.340 e. The van der Waals surface area contributed by atoms with E-state index in [9.17, 15) is 4.79 Å². The van der Waals surface area contributed by atoms with E-state index in [0.717, 1.165) is 5.56 Å². The fourth-order valence-electron chi connectivity index (χ4n) is 0.811. The lowest BCUT2D eigenvalue weighted by Crippen LogP contribution is -2.21. The minimum absolute atomic E-state index is 0.338. The van der Waals surface area contributed by atoms with Crippen LogP contribution in [0.3, 0.4) is 0 Å². The summed E-state index contributed by atoms with van der Waals surface area (Å²) in [5.41, 5.74) is 0.382. The molecule has 0 aliphatic carbocycles. The van der Waals surface area contributed by atoms with E-state index in [2.05, 4.69) is 5.16 Å². The van der Waals surface area contributed by atoms with Crippen LogP contribution in [0.5, 0.6) is 0 Å². The first-order chi connectivity index (χ1) is 7.00. The second-order valence-electron chi connectivity index (χ2n) is 4.27. The highest BCUT2D eigenvalue weighted by Crippen LogP contribution is 2.14. The van der Waals surface area contributed by atoms with Crippen LogP contribution in [0, 0.1) is 5.41 Å². The summed E-state index contributed by atoms with van der Waals surface area (Å²) < 4.78 is 0. The van der Waals surface area contributed by atoms with Crippen LogP contribution >= 0.6 is 0 Å². The Bertz CT molecular complexity index is 350. The van der Waals surface area contributed by atoms with Crippen LogP contribution in [0.1, 0.15) is 26.3 Å². The van der Waals surface area contributed by atoms with Crippen LogP contribution in [0.4, 0.5) is 0 Å². The Morgan fingerprint density at radius 2 is 1.87 bits per heavy atom. The Kier molecular flexibility index (Phi) is 3.61. The van der Waals surface area contributed by atoms with Gasteiger partial charge < -0.3 is 4.84 Å². The molecule has 3 heteroatoms. The first-order valence-electron chi connectivity index (χ1n) is 4.80. The van der Waals surface area contributed by atoms with E-state index >= 15 is 0 Å². The molecule has 3 nitrogen and oxygen atoms in total. The molecule has 80 valence electrons. The third-order valence-corrected chi connectivity index (χ3v) is 1.75. The molecule has 0 aliphatic rings. The molecule has 15 heavy (non-hydrogen) atoms. The number of nitrogens with zero attached hydrogens (tertiary/aromatic N) is 1. The quantitative estimate of drug-likeness (QED) is 0.423. The summed E-state index contributed by atoms with van der Waals surface area (Å²) in [6.07, 6.45) is 1.52. The van der Waals surface area contributed by atoms with E-state index in [1.165, 1.54) is 6.21 Å². The lowest BCUT2D eigenvalue weighted by molar-refractivity contribution is -0.152. The second kappa shape index (κ2) is 4.73. The topological polar surface area (TPSA) is 38.7 Å². The van der Waals surface area contributed by atoms with Crippen molar-refractivity contribution in [2.24, 2.45) is 10.6 Å². The number of hydrogen-bond acceptors (Lipinski definition) is 3. The van der Waals surface area contributed by atoms with Crippen molar-refractivity contribution in [3.63, 3.8) is 0 Å². The minimum Gasteiger partial charge on any atom is -0.318 e. The number of carbonyl (C=O) groups excluding carboxylic acids is 1. The summed E-state index contributed by atoms with van der Waals surface area (Å²) >= 11 is 0. The van der Waals surface area contributed by atoms with Gasteiger partial charge in [-0.1, -0.05) is 35.5 Å². The minimum atomic E-state index is -0.520. The van der Waals surface area contributed by atoms with Crippen molar-refractivity contribution < 1.29 is 9.63 Å². The third-order valence-electron chi connectivity index (χ3n) is 1.75. The van der Waals surface area contributed by atoms with Crippen molar-refractivity contribution >= 4 is 12.2 Å². The first kappa shape index (κ1) is 11.4. The van der Waals surface area contributed by atoms with Gasteiger partial charge >= 0.3 is 5.97 Å². The average Bonchev–Trinajstić information content (AvgIpc) is 2.18. The molecule has 1 rings (SSSR count). The Morgan fingerprint density at radius 3 is 2.40 bits per heavy atom. The van der Waals surface area contributed by atoms with Crippen molar-refractivity contribution in [3.05, 3.63) is 35.9 Å². The number of benzene rings is 1. The molecule has 0 fully saturated rings. The number of carbonyl (C=O) groups is 1. The maximum Gasteiger partial charge on any atom is 0.340 e. The molecule has 1 aromatic carbocycles. The Labute approximate surface area is 89.7 Å². The molecular formula is C12H15NO2. The normalized spacial score (nSPS) is 11.7. The van der Waals surface area contributed by atoms with Crippen LogP contribution < -0.4 is 0 Å². The van der Waals surface area contributed by atoms with Crippen molar-refractivity contribution in [2.45, 2.75) is 20.8 Å². The molecule has 1 aromatic rings. The van der Waals surface area contributed by atoms with E-state index in [4.69, 9.17) is 4.84 Å². The molecular weight excluding hydrogens is 190 g/mol. The molecule has 0 atom stereocenters. The van der Waals surface area contributed by atoms with Gasteiger partial charge in [0.05, 0.1) is 11.6 Å². The van der Waals surface area contributed by atoms with Gasteiger partial charge in [-0.2, -0.15) is 0 Å². The summed E-state index contributed by atoms with van der Waals surface area (Å²) in [5.74, 6) is -0.338. The maximum absolute atomic E-state index is 11.3. The van der Waals surface area contributed by atoms with Crippen molar-refractivity contribution in [1.82, 2.24) is 0 Å². The van der Waals surface area contributed by atoms with Crippen LogP contribution in [-0.4, -0.2) is 12.2 Å². The Morgan fingerprint density at radius 1 is 1.27 bits per heavy atom. The van der Waals surface area contributed by atoms with Gasteiger partial charge in [0.2, 0.25) is 0 Å². The van der Waals surface area contributed by atoms with Crippen LogP contribution in [0.2, 0.25) is 0 Å². The highest BCUT2D eigenvalue weighted by molar-refractivity contribution is 5.80. The van der Waals surface area contributed by atoms with Gasteiger partial charge in [-0.15, -0.1) is 0 Å². The van der Waals surface area contributed by atoms with E-state index < -0.39 is 5.41 Å². The molecule has 0 spiro atoms. The van der Waals surface area contributed by atoms with Gasteiger partial charge in [0.25, 0.3) is 0 Å². The van der Waals surface area contributed by atoms with E-state index in [1.807, 2.05) is 30.3 Å². The average molecular weight is 205 g/mol. The zero-order chi connectivity index (χ0) is 11.3. The zero-order valence-electron chi connectivity index (χ0n) is 9.23. The maximum atomic E-state index is 11.3. The summed E-state index contributed by atoms with van der Waals surface area (Å²) in [6.45, 7) is 5.36. The first-order valence-corrected chi connectivity index (χ1v) is 4.80. The lowest BCUT2D eigenvalue weighted by atomic mass is 9.98. The van der Waals surface area contributed by atoms with Gasteiger partial charge in [0, 0.05) is 0 Å². The zero-order valence-corrected chi connectivity index (χ0v) is 9.23. The number of rotatable bonds is 2. The van der Waals surface area contributed by atoms with E-state index in [0.29, 0.717) is 0 Å². The van der Waals surface area contributed by atoms with Gasteiger partial charge in [-0.25, -0.2) is 4.79 Å². The van der Waals surface area contributed by atoms with Gasteiger partial charge in [0.15, 0.2) is 0 Å². The highest BCUT2D eigenvalue weighted by Gasteiger charge is 2.23. The third kappa shape index (κ3) is 3.94. The van der Waals surface area contributed by atoms with Gasteiger partial charge in [0.1, 0.15) is 0 Å². The predicted molar refractivity (Wildman–Crippen MR) is 59.6 cm³/mol. The van der Waals surface area contributed by atoms with Crippen LogP contribution in [0.15, 0.2) is 35.5 Å². The molecule has 0 saturated carbocycles. The SMILES string of the molecule is CC(C)(C)C(=O)O/N=C/c1ccccc1. The molecule has 0 radical (unpaired) electrons.